The van der Waals surface area contributed by atoms with Gasteiger partial charge in [0.2, 0.25) is 5.91 Å². The van der Waals surface area contributed by atoms with E-state index in [0.29, 0.717) is 5.92 Å². The van der Waals surface area contributed by atoms with Crippen molar-refractivity contribution in [2.24, 2.45) is 5.73 Å². The standard InChI is InChI=1S/C14H22N2O/c1-9(2)11-5-7-12(8-6-11)13(14(15)17)16-10(3)4/h5-10,13,16H,1-4H3,(H2,15,17). The first-order chi connectivity index (χ1) is 7.91. The van der Waals surface area contributed by atoms with Crippen LogP contribution in [0.1, 0.15) is 50.8 Å². The van der Waals surface area contributed by atoms with Crippen LogP contribution in [0.5, 0.6) is 0 Å². The summed E-state index contributed by atoms with van der Waals surface area (Å²) in [5, 5.41) is 3.17. The molecule has 0 saturated heterocycles. The molecule has 0 radical (unpaired) electrons. The van der Waals surface area contributed by atoms with Crippen molar-refractivity contribution in [3.63, 3.8) is 0 Å². The van der Waals surface area contributed by atoms with Gasteiger partial charge in [-0.15, -0.1) is 0 Å². The summed E-state index contributed by atoms with van der Waals surface area (Å²) in [5.74, 6) is 0.158. The number of carbonyl (C=O) groups is 1. The van der Waals surface area contributed by atoms with Crippen molar-refractivity contribution in [1.29, 1.82) is 0 Å². The number of hydrogen-bond donors (Lipinski definition) is 2. The molecule has 1 aromatic rings. The molecule has 0 bridgehead atoms. The molecule has 3 N–H and O–H groups in total. The van der Waals surface area contributed by atoms with Gasteiger partial charge < -0.3 is 5.73 Å². The Balaban J connectivity index is 2.91. The van der Waals surface area contributed by atoms with Gasteiger partial charge in [-0.25, -0.2) is 0 Å². The average Bonchev–Trinajstić information content (AvgIpc) is 2.25. The van der Waals surface area contributed by atoms with E-state index in [1.54, 1.807) is 0 Å². The number of hydrogen-bond acceptors (Lipinski definition) is 2. The van der Waals surface area contributed by atoms with Gasteiger partial charge in [-0.1, -0.05) is 38.1 Å². The maximum absolute atomic E-state index is 11.4. The van der Waals surface area contributed by atoms with E-state index in [2.05, 4.69) is 31.3 Å². The molecular weight excluding hydrogens is 212 g/mol. The lowest BCUT2D eigenvalue weighted by molar-refractivity contribution is -0.120. The van der Waals surface area contributed by atoms with Gasteiger partial charge in [0.05, 0.1) is 0 Å². The second-order valence-electron chi connectivity index (χ2n) is 4.98. The summed E-state index contributed by atoms with van der Waals surface area (Å²) in [6, 6.07) is 7.87. The minimum absolute atomic E-state index is 0.220. The van der Waals surface area contributed by atoms with Crippen LogP contribution in [0.25, 0.3) is 0 Å². The lowest BCUT2D eigenvalue weighted by atomic mass is 9.98. The molecule has 1 aromatic carbocycles. The normalized spacial score (nSPS) is 13.1. The third-order valence-electron chi connectivity index (χ3n) is 2.72. The highest BCUT2D eigenvalue weighted by atomic mass is 16.1. The van der Waals surface area contributed by atoms with Gasteiger partial charge in [0, 0.05) is 6.04 Å². The highest BCUT2D eigenvalue weighted by Crippen LogP contribution is 2.19. The van der Waals surface area contributed by atoms with E-state index in [1.165, 1.54) is 5.56 Å². The molecule has 94 valence electrons. The van der Waals surface area contributed by atoms with Gasteiger partial charge in [0.25, 0.3) is 0 Å². The number of carbonyl (C=O) groups excluding carboxylic acids is 1. The molecule has 0 spiro atoms. The molecule has 1 rings (SSSR count). The zero-order chi connectivity index (χ0) is 13.0. The molecule has 0 saturated carbocycles. The quantitative estimate of drug-likeness (QED) is 0.821. The number of rotatable bonds is 5. The third kappa shape index (κ3) is 3.86. The Hall–Kier alpha value is -1.35. The minimum Gasteiger partial charge on any atom is -0.368 e. The summed E-state index contributed by atoms with van der Waals surface area (Å²) < 4.78 is 0. The van der Waals surface area contributed by atoms with Gasteiger partial charge in [-0.2, -0.15) is 0 Å². The molecule has 0 aromatic heterocycles. The second kappa shape index (κ2) is 5.82. The summed E-state index contributed by atoms with van der Waals surface area (Å²) in [4.78, 5) is 11.4. The SMILES string of the molecule is CC(C)NC(C(N)=O)c1ccc(C(C)C)cc1. The minimum atomic E-state index is -0.406. The van der Waals surface area contributed by atoms with Crippen LogP contribution >= 0.6 is 0 Å². The molecule has 1 atom stereocenters. The zero-order valence-electron chi connectivity index (χ0n) is 11.0. The summed E-state index contributed by atoms with van der Waals surface area (Å²) in [6.45, 7) is 8.29. The Morgan fingerprint density at radius 1 is 1.06 bits per heavy atom. The molecule has 0 aliphatic rings. The molecule has 0 heterocycles. The lowest BCUT2D eigenvalue weighted by Gasteiger charge is -2.19. The van der Waals surface area contributed by atoms with Gasteiger partial charge in [0.15, 0.2) is 0 Å². The topological polar surface area (TPSA) is 55.1 Å². The van der Waals surface area contributed by atoms with E-state index < -0.39 is 6.04 Å². The van der Waals surface area contributed by atoms with Crippen LogP contribution < -0.4 is 11.1 Å². The lowest BCUT2D eigenvalue weighted by Crippen LogP contribution is -2.37. The van der Waals surface area contributed by atoms with Gasteiger partial charge in [0.1, 0.15) is 6.04 Å². The van der Waals surface area contributed by atoms with E-state index >= 15 is 0 Å². The maximum Gasteiger partial charge on any atom is 0.239 e. The summed E-state index contributed by atoms with van der Waals surface area (Å²) in [7, 11) is 0. The summed E-state index contributed by atoms with van der Waals surface area (Å²) >= 11 is 0. The number of nitrogens with two attached hydrogens (primary N) is 1. The van der Waals surface area contributed by atoms with Crippen molar-refractivity contribution in [3.05, 3.63) is 35.4 Å². The van der Waals surface area contributed by atoms with Gasteiger partial charge >= 0.3 is 0 Å². The maximum atomic E-state index is 11.4. The van der Waals surface area contributed by atoms with Crippen LogP contribution in [0, 0.1) is 0 Å². The van der Waals surface area contributed by atoms with Crippen molar-refractivity contribution in [3.8, 4) is 0 Å². The van der Waals surface area contributed by atoms with Crippen LogP contribution in [0.15, 0.2) is 24.3 Å². The van der Waals surface area contributed by atoms with E-state index in [0.717, 1.165) is 5.56 Å². The average molecular weight is 234 g/mol. The van der Waals surface area contributed by atoms with Crippen molar-refractivity contribution >= 4 is 5.91 Å². The predicted molar refractivity (Wildman–Crippen MR) is 70.7 cm³/mol. The predicted octanol–water partition coefficient (Wildman–Crippen LogP) is 2.33. The molecule has 0 fully saturated rings. The number of nitrogens with one attached hydrogen (secondary N) is 1. The van der Waals surface area contributed by atoms with Crippen molar-refractivity contribution in [1.82, 2.24) is 5.32 Å². The second-order valence-corrected chi connectivity index (χ2v) is 4.98. The zero-order valence-corrected chi connectivity index (χ0v) is 11.0. The fraction of sp³-hybridized carbons (Fsp3) is 0.500. The largest absolute Gasteiger partial charge is 0.368 e. The number of benzene rings is 1. The first kappa shape index (κ1) is 13.7. The van der Waals surface area contributed by atoms with Crippen LogP contribution in [-0.4, -0.2) is 11.9 Å². The van der Waals surface area contributed by atoms with Crippen LogP contribution in [0.4, 0.5) is 0 Å². The monoisotopic (exact) mass is 234 g/mol. The third-order valence-corrected chi connectivity index (χ3v) is 2.72. The van der Waals surface area contributed by atoms with E-state index in [1.807, 2.05) is 26.0 Å². The van der Waals surface area contributed by atoms with Gasteiger partial charge in [-0.05, 0) is 30.9 Å². The van der Waals surface area contributed by atoms with E-state index in [4.69, 9.17) is 5.73 Å². The van der Waals surface area contributed by atoms with E-state index in [-0.39, 0.29) is 11.9 Å². The first-order valence-corrected chi connectivity index (χ1v) is 6.07. The fourth-order valence-corrected chi connectivity index (χ4v) is 1.75. The van der Waals surface area contributed by atoms with Crippen molar-refractivity contribution < 1.29 is 4.79 Å². The molecule has 0 aliphatic carbocycles. The Labute approximate surface area is 103 Å². The van der Waals surface area contributed by atoms with E-state index in [9.17, 15) is 4.79 Å². The molecule has 1 amide bonds. The summed E-state index contributed by atoms with van der Waals surface area (Å²) in [6.07, 6.45) is 0. The molecule has 3 nitrogen and oxygen atoms in total. The molecule has 0 aliphatic heterocycles. The first-order valence-electron chi connectivity index (χ1n) is 6.07. The Kier molecular flexibility index (Phi) is 4.70. The molecule has 3 heteroatoms. The number of primary amides is 1. The molecule has 17 heavy (non-hydrogen) atoms. The highest BCUT2D eigenvalue weighted by Gasteiger charge is 2.18. The Morgan fingerprint density at radius 3 is 1.88 bits per heavy atom. The summed E-state index contributed by atoms with van der Waals surface area (Å²) in [5.41, 5.74) is 7.61. The van der Waals surface area contributed by atoms with Crippen molar-refractivity contribution in [2.45, 2.75) is 45.7 Å². The number of amides is 1. The fourth-order valence-electron chi connectivity index (χ4n) is 1.75. The Morgan fingerprint density at radius 2 is 1.53 bits per heavy atom. The van der Waals surface area contributed by atoms with Crippen LogP contribution in [0.3, 0.4) is 0 Å². The molecular formula is C14H22N2O. The highest BCUT2D eigenvalue weighted by molar-refractivity contribution is 5.81. The van der Waals surface area contributed by atoms with Crippen LogP contribution in [0.2, 0.25) is 0 Å². The molecule has 1 unspecified atom stereocenters. The Bertz CT molecular complexity index is 368. The van der Waals surface area contributed by atoms with Crippen molar-refractivity contribution in [2.75, 3.05) is 0 Å². The smallest absolute Gasteiger partial charge is 0.239 e. The van der Waals surface area contributed by atoms with Crippen LogP contribution in [-0.2, 0) is 4.79 Å². The van der Waals surface area contributed by atoms with Gasteiger partial charge in [-0.3, -0.25) is 10.1 Å².